The van der Waals surface area contributed by atoms with Gasteiger partial charge in [-0.2, -0.15) is 0 Å². The van der Waals surface area contributed by atoms with Crippen molar-refractivity contribution in [3.8, 4) is 16.9 Å². The first-order valence-corrected chi connectivity index (χ1v) is 10.6. The summed E-state index contributed by atoms with van der Waals surface area (Å²) in [6.07, 6.45) is 9.64. The maximum atomic E-state index is 10.0. The number of aryl methyl sites for hydroxylation is 2. The van der Waals surface area contributed by atoms with Crippen LogP contribution in [0.2, 0.25) is 0 Å². The zero-order valence-corrected chi connectivity index (χ0v) is 17.0. The van der Waals surface area contributed by atoms with E-state index in [-0.39, 0.29) is 0 Å². The van der Waals surface area contributed by atoms with E-state index in [1.165, 1.54) is 76.5 Å². The molecule has 5 rings (SSSR count). The van der Waals surface area contributed by atoms with Gasteiger partial charge in [0.15, 0.2) is 18.9 Å². The summed E-state index contributed by atoms with van der Waals surface area (Å²) in [4.78, 5) is 2.60. The van der Waals surface area contributed by atoms with Crippen LogP contribution < -0.4 is 4.57 Å². The largest absolute Gasteiger partial charge is 0.508 e. The van der Waals surface area contributed by atoms with Crippen LogP contribution >= 0.6 is 0 Å². The molecule has 3 heteroatoms. The smallest absolute Gasteiger partial charge is 0.176 e. The van der Waals surface area contributed by atoms with Crippen LogP contribution in [-0.4, -0.2) is 29.6 Å². The first-order chi connectivity index (χ1) is 13.6. The van der Waals surface area contributed by atoms with Crippen molar-refractivity contribution >= 4 is 10.8 Å². The van der Waals surface area contributed by atoms with Gasteiger partial charge in [-0.25, -0.2) is 4.57 Å². The number of fused-ring (bicyclic) bond motifs is 4. The van der Waals surface area contributed by atoms with Gasteiger partial charge < -0.3 is 5.11 Å². The number of aromatic hydroxyl groups is 1. The summed E-state index contributed by atoms with van der Waals surface area (Å²) in [5.74, 6) is 0.355. The summed E-state index contributed by atoms with van der Waals surface area (Å²) < 4.78 is 2.36. The highest BCUT2D eigenvalue weighted by Crippen LogP contribution is 2.44. The average Bonchev–Trinajstić information content (AvgIpc) is 3.10. The van der Waals surface area contributed by atoms with Gasteiger partial charge in [-0.15, -0.1) is 0 Å². The van der Waals surface area contributed by atoms with Gasteiger partial charge in [-0.1, -0.05) is 12.5 Å². The fourth-order valence-corrected chi connectivity index (χ4v) is 5.18. The van der Waals surface area contributed by atoms with Gasteiger partial charge >= 0.3 is 0 Å². The van der Waals surface area contributed by atoms with Gasteiger partial charge in [0.2, 0.25) is 0 Å². The van der Waals surface area contributed by atoms with Crippen LogP contribution in [0.5, 0.6) is 5.75 Å². The Morgan fingerprint density at radius 2 is 1.82 bits per heavy atom. The molecule has 0 saturated carbocycles. The lowest BCUT2D eigenvalue weighted by molar-refractivity contribution is -0.695. The van der Waals surface area contributed by atoms with Gasteiger partial charge in [-0.3, -0.25) is 4.90 Å². The van der Waals surface area contributed by atoms with Crippen LogP contribution in [0.15, 0.2) is 36.7 Å². The number of benzene rings is 2. The SMILES string of the molecule is Cc1c2c(c(C)c3c[n+](CCN4CCCCC4)ccc13)-c1cc(O)ccc1C2. The van der Waals surface area contributed by atoms with Gasteiger partial charge in [-0.05, 0) is 97.1 Å². The predicted octanol–water partition coefficient (Wildman–Crippen LogP) is 4.51. The van der Waals surface area contributed by atoms with Crippen LogP contribution in [0.1, 0.15) is 41.5 Å². The summed E-state index contributed by atoms with van der Waals surface area (Å²) in [6, 6.07) is 8.12. The number of rotatable bonds is 3. The molecule has 0 unspecified atom stereocenters. The molecule has 1 aliphatic heterocycles. The number of aromatic nitrogens is 1. The highest BCUT2D eigenvalue weighted by Gasteiger charge is 2.26. The first-order valence-electron chi connectivity index (χ1n) is 10.6. The quantitative estimate of drug-likeness (QED) is 0.535. The maximum absolute atomic E-state index is 10.0. The van der Waals surface area contributed by atoms with Gasteiger partial charge in [0.25, 0.3) is 0 Å². The Kier molecular flexibility index (Phi) is 4.36. The molecule has 1 fully saturated rings. The molecule has 1 saturated heterocycles. The monoisotopic (exact) mass is 373 g/mol. The van der Waals surface area contributed by atoms with Crippen molar-refractivity contribution in [1.82, 2.24) is 4.90 Å². The fourth-order valence-electron chi connectivity index (χ4n) is 5.18. The van der Waals surface area contributed by atoms with E-state index >= 15 is 0 Å². The second-order valence-electron chi connectivity index (χ2n) is 8.53. The molecular formula is C25H29N2O+. The van der Waals surface area contributed by atoms with Crippen LogP contribution in [0, 0.1) is 13.8 Å². The second kappa shape index (κ2) is 6.89. The van der Waals surface area contributed by atoms with E-state index in [1.807, 2.05) is 12.1 Å². The Morgan fingerprint density at radius 3 is 2.64 bits per heavy atom. The molecule has 1 N–H and O–H groups in total. The van der Waals surface area contributed by atoms with Gasteiger partial charge in [0.1, 0.15) is 5.75 Å². The molecule has 3 aromatic rings. The van der Waals surface area contributed by atoms with E-state index in [9.17, 15) is 5.11 Å². The molecule has 28 heavy (non-hydrogen) atoms. The van der Waals surface area contributed by atoms with Crippen LogP contribution in [-0.2, 0) is 13.0 Å². The highest BCUT2D eigenvalue weighted by molar-refractivity contribution is 5.97. The molecule has 3 nitrogen and oxygen atoms in total. The summed E-state index contributed by atoms with van der Waals surface area (Å²) in [5.41, 5.74) is 8.02. The third-order valence-corrected chi connectivity index (χ3v) is 6.81. The zero-order chi connectivity index (χ0) is 19.3. The molecule has 0 amide bonds. The molecule has 0 atom stereocenters. The van der Waals surface area contributed by atoms with Crippen molar-refractivity contribution in [2.75, 3.05) is 19.6 Å². The second-order valence-corrected chi connectivity index (χ2v) is 8.53. The lowest BCUT2D eigenvalue weighted by atomic mass is 9.91. The Balaban J connectivity index is 1.55. The molecule has 2 heterocycles. The van der Waals surface area contributed by atoms with E-state index < -0.39 is 0 Å². The summed E-state index contributed by atoms with van der Waals surface area (Å²) in [6.45, 7) is 9.18. The number of likely N-dealkylation sites (tertiary alicyclic amines) is 1. The number of piperidine rings is 1. The van der Waals surface area contributed by atoms with Gasteiger partial charge in [0, 0.05) is 11.5 Å². The molecular weight excluding hydrogens is 344 g/mol. The Hall–Kier alpha value is -2.39. The minimum absolute atomic E-state index is 0.355. The maximum Gasteiger partial charge on any atom is 0.176 e. The van der Waals surface area contributed by atoms with E-state index in [0.29, 0.717) is 5.75 Å². The van der Waals surface area contributed by atoms with Crippen molar-refractivity contribution < 1.29 is 9.67 Å². The van der Waals surface area contributed by atoms with E-state index in [0.717, 1.165) is 19.5 Å². The van der Waals surface area contributed by atoms with E-state index in [1.54, 1.807) is 0 Å². The van der Waals surface area contributed by atoms with Crippen molar-refractivity contribution in [3.05, 3.63) is 58.9 Å². The van der Waals surface area contributed by atoms with Crippen molar-refractivity contribution in [2.45, 2.75) is 46.1 Å². The number of nitrogens with zero attached hydrogens (tertiary/aromatic N) is 2. The third-order valence-electron chi connectivity index (χ3n) is 6.81. The Morgan fingerprint density at radius 1 is 1.00 bits per heavy atom. The molecule has 0 bridgehead atoms. The van der Waals surface area contributed by atoms with Crippen LogP contribution in [0.25, 0.3) is 21.9 Å². The van der Waals surface area contributed by atoms with Crippen molar-refractivity contribution in [2.24, 2.45) is 0 Å². The van der Waals surface area contributed by atoms with Crippen LogP contribution in [0.3, 0.4) is 0 Å². The number of phenols is 1. The molecule has 1 aliphatic carbocycles. The lowest BCUT2D eigenvalue weighted by Gasteiger charge is -2.25. The summed E-state index contributed by atoms with van der Waals surface area (Å²) >= 11 is 0. The van der Waals surface area contributed by atoms with Crippen LogP contribution in [0.4, 0.5) is 0 Å². The molecule has 1 aromatic heterocycles. The number of hydrogen-bond acceptors (Lipinski definition) is 2. The minimum atomic E-state index is 0.355. The van der Waals surface area contributed by atoms with Crippen molar-refractivity contribution in [1.29, 1.82) is 0 Å². The molecule has 2 aromatic carbocycles. The molecule has 2 aliphatic rings. The summed E-state index contributed by atoms with van der Waals surface area (Å²) in [5, 5.41) is 12.7. The zero-order valence-electron chi connectivity index (χ0n) is 17.0. The first kappa shape index (κ1) is 17.7. The van der Waals surface area contributed by atoms with Crippen molar-refractivity contribution in [3.63, 3.8) is 0 Å². The standard InChI is InChI=1S/C25H28N2O/c1-17-21-8-11-27(13-12-26-9-4-3-5-10-26)16-24(21)18(2)25-22(17)14-19-6-7-20(28)15-23(19)25/h6-8,11,15-16H,3-5,9-10,12-14H2,1-2H3/p+1. The van der Waals surface area contributed by atoms with E-state index in [4.69, 9.17) is 0 Å². The topological polar surface area (TPSA) is 27.4 Å². The van der Waals surface area contributed by atoms with Gasteiger partial charge in [0.05, 0.1) is 6.54 Å². The highest BCUT2D eigenvalue weighted by atomic mass is 16.3. The predicted molar refractivity (Wildman–Crippen MR) is 114 cm³/mol. The lowest BCUT2D eigenvalue weighted by Crippen LogP contribution is -2.41. The fraction of sp³-hybridized carbons (Fsp3) is 0.400. The van der Waals surface area contributed by atoms with E-state index in [2.05, 4.69) is 47.8 Å². The molecule has 144 valence electrons. The number of hydrogen-bond donors (Lipinski definition) is 1. The minimum Gasteiger partial charge on any atom is -0.508 e. The average molecular weight is 374 g/mol. The Labute approximate surface area is 167 Å². The number of pyridine rings is 1. The summed E-state index contributed by atoms with van der Waals surface area (Å²) in [7, 11) is 0. The molecule has 0 radical (unpaired) electrons. The normalized spacial score (nSPS) is 16.4. The number of phenolic OH excluding ortho intramolecular Hbond substituents is 1. The molecule has 0 spiro atoms. The third kappa shape index (κ3) is 2.89. The Bertz CT molecular complexity index is 1060.